The Morgan fingerprint density at radius 3 is 2.35 bits per heavy atom. The first-order valence-electron chi connectivity index (χ1n) is 6.82. The van der Waals surface area contributed by atoms with Crippen LogP contribution in [0.1, 0.15) is 36.4 Å². The number of aryl methyl sites for hydroxylation is 4. The molecule has 0 unspecified atom stereocenters. The van der Waals surface area contributed by atoms with Crippen molar-refractivity contribution < 1.29 is 4.74 Å². The Bertz CT molecular complexity index is 626. The molecule has 2 aromatic rings. The van der Waals surface area contributed by atoms with Crippen molar-refractivity contribution in [2.24, 2.45) is 0 Å². The van der Waals surface area contributed by atoms with Gasteiger partial charge in [0.25, 0.3) is 0 Å². The Hall–Kier alpha value is -2.17. The Labute approximate surface area is 119 Å². The van der Waals surface area contributed by atoms with Gasteiger partial charge in [-0.3, -0.25) is 0 Å². The lowest BCUT2D eigenvalue weighted by molar-refractivity contribution is 0.425. The summed E-state index contributed by atoms with van der Waals surface area (Å²) in [5.41, 5.74) is 10.5. The van der Waals surface area contributed by atoms with Gasteiger partial charge >= 0.3 is 6.01 Å². The van der Waals surface area contributed by atoms with Gasteiger partial charge in [0.05, 0.1) is 11.4 Å². The van der Waals surface area contributed by atoms with Crippen molar-refractivity contribution in [1.29, 1.82) is 0 Å². The molecule has 0 fully saturated rings. The Morgan fingerprint density at radius 2 is 1.70 bits per heavy atom. The summed E-state index contributed by atoms with van der Waals surface area (Å²) in [6.07, 6.45) is 1.63. The molecule has 2 N–H and O–H groups in total. The smallest absolute Gasteiger partial charge is 0.341 e. The number of aromatic nitrogens is 3. The summed E-state index contributed by atoms with van der Waals surface area (Å²) in [6, 6.07) is 4.05. The zero-order valence-corrected chi connectivity index (χ0v) is 12.4. The van der Waals surface area contributed by atoms with Crippen LogP contribution in [0.25, 0.3) is 0 Å². The standard InChI is InChI=1S/C15H20N4O/c1-5-12-13(6-2)18-19-15(17-12)20-14-8-11(16)9(3)7-10(14)4/h7-8H,5-6,16H2,1-4H3. The molecule has 1 heterocycles. The van der Waals surface area contributed by atoms with Crippen LogP contribution in [-0.2, 0) is 12.8 Å². The van der Waals surface area contributed by atoms with E-state index in [0.717, 1.165) is 35.4 Å². The first-order valence-corrected chi connectivity index (χ1v) is 6.82. The molecule has 0 saturated heterocycles. The summed E-state index contributed by atoms with van der Waals surface area (Å²) in [5, 5.41) is 8.19. The number of anilines is 1. The van der Waals surface area contributed by atoms with Crippen LogP contribution in [0.2, 0.25) is 0 Å². The van der Waals surface area contributed by atoms with Crippen molar-refractivity contribution in [2.75, 3.05) is 5.73 Å². The lowest BCUT2D eigenvalue weighted by Crippen LogP contribution is -2.05. The number of nitrogens with two attached hydrogens (primary N) is 1. The van der Waals surface area contributed by atoms with E-state index in [4.69, 9.17) is 10.5 Å². The average molecular weight is 272 g/mol. The minimum atomic E-state index is 0.269. The van der Waals surface area contributed by atoms with Crippen LogP contribution < -0.4 is 10.5 Å². The highest BCUT2D eigenvalue weighted by atomic mass is 16.5. The molecule has 2 rings (SSSR count). The zero-order chi connectivity index (χ0) is 14.7. The van der Waals surface area contributed by atoms with Crippen LogP contribution in [0.15, 0.2) is 12.1 Å². The van der Waals surface area contributed by atoms with Crippen molar-refractivity contribution in [3.63, 3.8) is 0 Å². The molecule has 20 heavy (non-hydrogen) atoms. The molecule has 5 heteroatoms. The van der Waals surface area contributed by atoms with Gasteiger partial charge in [0, 0.05) is 11.8 Å². The third kappa shape index (κ3) is 2.87. The van der Waals surface area contributed by atoms with E-state index in [2.05, 4.69) is 15.2 Å². The summed E-state index contributed by atoms with van der Waals surface area (Å²) >= 11 is 0. The fourth-order valence-electron chi connectivity index (χ4n) is 2.02. The average Bonchev–Trinajstić information content (AvgIpc) is 2.44. The van der Waals surface area contributed by atoms with Crippen molar-refractivity contribution in [2.45, 2.75) is 40.5 Å². The Kier molecular flexibility index (Phi) is 4.17. The fraction of sp³-hybridized carbons (Fsp3) is 0.400. The third-order valence-electron chi connectivity index (χ3n) is 3.25. The van der Waals surface area contributed by atoms with Crippen molar-refractivity contribution >= 4 is 5.69 Å². The van der Waals surface area contributed by atoms with Crippen LogP contribution in [0.4, 0.5) is 5.69 Å². The van der Waals surface area contributed by atoms with E-state index < -0.39 is 0 Å². The summed E-state index contributed by atoms with van der Waals surface area (Å²) < 4.78 is 5.72. The second-order valence-electron chi connectivity index (χ2n) is 4.77. The normalized spacial score (nSPS) is 10.6. The molecule has 5 nitrogen and oxygen atoms in total. The van der Waals surface area contributed by atoms with Crippen molar-refractivity contribution in [1.82, 2.24) is 15.2 Å². The van der Waals surface area contributed by atoms with Gasteiger partial charge in [-0.2, -0.15) is 4.98 Å². The van der Waals surface area contributed by atoms with Crippen LogP contribution >= 0.6 is 0 Å². The maximum absolute atomic E-state index is 5.91. The van der Waals surface area contributed by atoms with Gasteiger partial charge in [0.1, 0.15) is 5.75 Å². The monoisotopic (exact) mass is 272 g/mol. The number of ether oxygens (including phenoxy) is 1. The quantitative estimate of drug-likeness (QED) is 0.866. The van der Waals surface area contributed by atoms with Gasteiger partial charge in [0.15, 0.2) is 0 Å². The van der Waals surface area contributed by atoms with E-state index in [1.807, 2.05) is 33.8 Å². The van der Waals surface area contributed by atoms with Crippen LogP contribution in [0, 0.1) is 13.8 Å². The van der Waals surface area contributed by atoms with E-state index in [0.29, 0.717) is 11.4 Å². The molecule has 0 atom stereocenters. The zero-order valence-electron chi connectivity index (χ0n) is 12.4. The number of rotatable bonds is 4. The van der Waals surface area contributed by atoms with Crippen LogP contribution in [-0.4, -0.2) is 15.2 Å². The highest BCUT2D eigenvalue weighted by molar-refractivity contribution is 5.54. The highest BCUT2D eigenvalue weighted by Crippen LogP contribution is 2.27. The molecule has 0 saturated carbocycles. The maximum atomic E-state index is 5.91. The molecule has 0 aliphatic carbocycles. The van der Waals surface area contributed by atoms with Gasteiger partial charge in [-0.1, -0.05) is 25.0 Å². The number of nitrogen functional groups attached to an aromatic ring is 1. The number of benzene rings is 1. The molecule has 0 spiro atoms. The second kappa shape index (κ2) is 5.86. The molecule has 0 aliphatic heterocycles. The van der Waals surface area contributed by atoms with E-state index in [1.165, 1.54) is 0 Å². The fourth-order valence-corrected chi connectivity index (χ4v) is 2.02. The molecule has 106 valence electrons. The molecular weight excluding hydrogens is 252 g/mol. The van der Waals surface area contributed by atoms with Gasteiger partial charge in [-0.25, -0.2) is 0 Å². The van der Waals surface area contributed by atoms with Gasteiger partial charge in [0.2, 0.25) is 0 Å². The molecule has 0 aliphatic rings. The summed E-state index contributed by atoms with van der Waals surface area (Å²) in [7, 11) is 0. The highest BCUT2D eigenvalue weighted by Gasteiger charge is 2.10. The molecule has 1 aromatic heterocycles. The van der Waals surface area contributed by atoms with Crippen molar-refractivity contribution in [3.8, 4) is 11.8 Å². The predicted octanol–water partition coefficient (Wildman–Crippen LogP) is 2.99. The maximum Gasteiger partial charge on any atom is 0.341 e. The topological polar surface area (TPSA) is 73.9 Å². The van der Waals surface area contributed by atoms with Crippen LogP contribution in [0.5, 0.6) is 11.8 Å². The third-order valence-corrected chi connectivity index (χ3v) is 3.25. The molecular formula is C15H20N4O. The van der Waals surface area contributed by atoms with Crippen LogP contribution in [0.3, 0.4) is 0 Å². The van der Waals surface area contributed by atoms with E-state index in [9.17, 15) is 0 Å². The molecule has 0 bridgehead atoms. The Morgan fingerprint density at radius 1 is 1.00 bits per heavy atom. The Balaban J connectivity index is 2.33. The van der Waals surface area contributed by atoms with E-state index in [-0.39, 0.29) is 6.01 Å². The van der Waals surface area contributed by atoms with E-state index >= 15 is 0 Å². The second-order valence-corrected chi connectivity index (χ2v) is 4.77. The summed E-state index contributed by atoms with van der Waals surface area (Å²) in [6.45, 7) is 8.02. The first kappa shape index (κ1) is 14.2. The number of hydrogen-bond acceptors (Lipinski definition) is 5. The van der Waals surface area contributed by atoms with Gasteiger partial charge in [-0.15, -0.1) is 5.10 Å². The first-order chi connectivity index (χ1) is 9.55. The predicted molar refractivity (Wildman–Crippen MR) is 79.0 cm³/mol. The lowest BCUT2D eigenvalue weighted by Gasteiger charge is -2.11. The molecule has 0 amide bonds. The molecule has 1 aromatic carbocycles. The van der Waals surface area contributed by atoms with E-state index in [1.54, 1.807) is 6.07 Å². The number of hydrogen-bond donors (Lipinski definition) is 1. The molecule has 0 radical (unpaired) electrons. The lowest BCUT2D eigenvalue weighted by atomic mass is 10.1. The summed E-state index contributed by atoms with van der Waals surface area (Å²) in [4.78, 5) is 4.41. The minimum absolute atomic E-state index is 0.269. The van der Waals surface area contributed by atoms with Gasteiger partial charge in [-0.05, 0) is 37.8 Å². The number of nitrogens with zero attached hydrogens (tertiary/aromatic N) is 3. The SMILES string of the molecule is CCc1nnc(Oc2cc(N)c(C)cc2C)nc1CC. The summed E-state index contributed by atoms with van der Waals surface area (Å²) in [5.74, 6) is 0.668. The van der Waals surface area contributed by atoms with Gasteiger partial charge < -0.3 is 10.5 Å². The minimum Gasteiger partial charge on any atom is -0.423 e. The largest absolute Gasteiger partial charge is 0.423 e. The van der Waals surface area contributed by atoms with Crippen molar-refractivity contribution in [3.05, 3.63) is 34.6 Å².